The quantitative estimate of drug-likeness (QED) is 0.706. The smallest absolute Gasteiger partial charge is 0.336 e. The fourth-order valence-electron chi connectivity index (χ4n) is 1.01. The van der Waals surface area contributed by atoms with Crippen LogP contribution in [0, 0.1) is 0 Å². The van der Waals surface area contributed by atoms with Crippen molar-refractivity contribution in [3.63, 3.8) is 0 Å². The van der Waals surface area contributed by atoms with Gasteiger partial charge >= 0.3 is 11.9 Å². The molecule has 0 amide bonds. The molecule has 0 bridgehead atoms. The second kappa shape index (κ2) is 4.23. The molecule has 0 unspecified atom stereocenters. The lowest BCUT2D eigenvalue weighted by atomic mass is 10.1. The molecule has 0 saturated carbocycles. The van der Waals surface area contributed by atoms with E-state index >= 15 is 0 Å². The molecule has 0 aliphatic rings. The van der Waals surface area contributed by atoms with Crippen molar-refractivity contribution in [3.8, 4) is 0 Å². The molecule has 0 aliphatic carbocycles. The van der Waals surface area contributed by atoms with Gasteiger partial charge in [-0.3, -0.25) is 0 Å². The van der Waals surface area contributed by atoms with Crippen molar-refractivity contribution in [3.05, 3.63) is 42.0 Å². The van der Waals surface area contributed by atoms with Crippen LogP contribution in [0.25, 0.3) is 5.57 Å². The van der Waals surface area contributed by atoms with Crippen molar-refractivity contribution >= 4 is 17.5 Å². The molecular formula is C10H8O4. The van der Waals surface area contributed by atoms with Gasteiger partial charge < -0.3 is 10.2 Å². The third-order valence-corrected chi connectivity index (χ3v) is 1.58. The molecule has 1 aromatic rings. The summed E-state index contributed by atoms with van der Waals surface area (Å²) < 4.78 is 0. The van der Waals surface area contributed by atoms with Crippen LogP contribution in [-0.4, -0.2) is 22.2 Å². The van der Waals surface area contributed by atoms with E-state index in [2.05, 4.69) is 0 Å². The van der Waals surface area contributed by atoms with E-state index in [1.54, 1.807) is 30.3 Å². The zero-order valence-corrected chi connectivity index (χ0v) is 7.18. The van der Waals surface area contributed by atoms with Gasteiger partial charge in [0.2, 0.25) is 0 Å². The standard InChI is InChI=1S/C10H8O4/c11-9(12)6-8(10(13)14)7-4-2-1-3-5-7/h1-6H,(H,11,12)(H,13,14). The lowest BCUT2D eigenvalue weighted by Gasteiger charge is -1.99. The van der Waals surface area contributed by atoms with E-state index in [4.69, 9.17) is 10.2 Å². The van der Waals surface area contributed by atoms with Gasteiger partial charge in [-0.15, -0.1) is 0 Å². The number of hydrogen-bond donors (Lipinski definition) is 2. The van der Waals surface area contributed by atoms with Crippen LogP contribution in [0.5, 0.6) is 0 Å². The highest BCUT2D eigenvalue weighted by molar-refractivity contribution is 6.19. The van der Waals surface area contributed by atoms with Crippen LogP contribution < -0.4 is 0 Å². The van der Waals surface area contributed by atoms with E-state index in [0.717, 1.165) is 0 Å². The Hall–Kier alpha value is -2.10. The molecule has 0 saturated heterocycles. The summed E-state index contributed by atoms with van der Waals surface area (Å²) >= 11 is 0. The van der Waals surface area contributed by atoms with Crippen LogP contribution in [0.3, 0.4) is 0 Å². The largest absolute Gasteiger partial charge is 0.478 e. The molecule has 0 aliphatic heterocycles. The summed E-state index contributed by atoms with van der Waals surface area (Å²) in [6.07, 6.45) is 0.678. The predicted molar refractivity (Wildman–Crippen MR) is 49.7 cm³/mol. The third kappa shape index (κ3) is 2.45. The monoisotopic (exact) mass is 192 g/mol. The van der Waals surface area contributed by atoms with Crippen LogP contribution in [0.15, 0.2) is 36.4 Å². The maximum absolute atomic E-state index is 10.7. The number of benzene rings is 1. The summed E-state index contributed by atoms with van der Waals surface area (Å²) in [5.74, 6) is -2.52. The first-order chi connectivity index (χ1) is 6.61. The number of carbonyl (C=O) groups is 2. The number of carboxylic acid groups (broad SMARTS) is 2. The third-order valence-electron chi connectivity index (χ3n) is 1.58. The van der Waals surface area contributed by atoms with Gasteiger partial charge in [-0.1, -0.05) is 30.3 Å². The minimum atomic E-state index is -1.27. The Morgan fingerprint density at radius 2 is 1.64 bits per heavy atom. The molecule has 2 N–H and O–H groups in total. The zero-order valence-electron chi connectivity index (χ0n) is 7.18. The van der Waals surface area contributed by atoms with Crippen molar-refractivity contribution in [2.75, 3.05) is 0 Å². The molecular weight excluding hydrogens is 184 g/mol. The fraction of sp³-hybridized carbons (Fsp3) is 0. The molecule has 0 heterocycles. The highest BCUT2D eigenvalue weighted by Gasteiger charge is 2.11. The second-order valence-electron chi connectivity index (χ2n) is 2.57. The van der Waals surface area contributed by atoms with Gasteiger partial charge in [-0.25, -0.2) is 9.59 Å². The SMILES string of the molecule is O=C(O)C=C(C(=O)O)c1ccccc1. The van der Waals surface area contributed by atoms with Crippen LogP contribution in [0.1, 0.15) is 5.56 Å². The van der Waals surface area contributed by atoms with E-state index in [1.165, 1.54) is 0 Å². The van der Waals surface area contributed by atoms with Crippen LogP contribution in [0.2, 0.25) is 0 Å². The maximum Gasteiger partial charge on any atom is 0.336 e. The first-order valence-electron chi connectivity index (χ1n) is 3.84. The van der Waals surface area contributed by atoms with Crippen LogP contribution >= 0.6 is 0 Å². The van der Waals surface area contributed by atoms with Gasteiger partial charge in [-0.2, -0.15) is 0 Å². The molecule has 1 aromatic carbocycles. The Kier molecular flexibility index (Phi) is 3.01. The van der Waals surface area contributed by atoms with E-state index in [9.17, 15) is 9.59 Å². The molecule has 0 atom stereocenters. The molecule has 4 heteroatoms. The first-order valence-corrected chi connectivity index (χ1v) is 3.84. The number of hydrogen-bond acceptors (Lipinski definition) is 2. The van der Waals surface area contributed by atoms with Gasteiger partial charge in [-0.05, 0) is 5.56 Å². The van der Waals surface area contributed by atoms with Gasteiger partial charge in [0.15, 0.2) is 0 Å². The van der Waals surface area contributed by atoms with Gasteiger partial charge in [0.05, 0.1) is 5.57 Å². The van der Waals surface area contributed by atoms with Gasteiger partial charge in [0.1, 0.15) is 0 Å². The highest BCUT2D eigenvalue weighted by atomic mass is 16.4. The molecule has 0 spiro atoms. The highest BCUT2D eigenvalue weighted by Crippen LogP contribution is 2.13. The van der Waals surface area contributed by atoms with E-state index < -0.39 is 11.9 Å². The van der Waals surface area contributed by atoms with Crippen LogP contribution in [-0.2, 0) is 9.59 Å². The normalized spacial score (nSPS) is 11.0. The Bertz CT molecular complexity index is 378. The minimum absolute atomic E-state index is 0.224. The summed E-state index contributed by atoms with van der Waals surface area (Å²) in [6, 6.07) is 8.11. The van der Waals surface area contributed by atoms with Crippen molar-refractivity contribution < 1.29 is 19.8 Å². The average molecular weight is 192 g/mol. The summed E-state index contributed by atoms with van der Waals surface area (Å²) in [5.41, 5.74) is 0.153. The van der Waals surface area contributed by atoms with Crippen LogP contribution in [0.4, 0.5) is 0 Å². The van der Waals surface area contributed by atoms with Crippen molar-refractivity contribution in [1.29, 1.82) is 0 Å². The van der Waals surface area contributed by atoms with Gasteiger partial charge in [0, 0.05) is 6.08 Å². The Balaban J connectivity index is 3.14. The van der Waals surface area contributed by atoms with E-state index in [1.807, 2.05) is 0 Å². The molecule has 0 radical (unpaired) electrons. The summed E-state index contributed by atoms with van der Waals surface area (Å²) in [7, 11) is 0. The molecule has 72 valence electrons. The Morgan fingerprint density at radius 3 is 2.07 bits per heavy atom. The van der Waals surface area contributed by atoms with Crippen molar-refractivity contribution in [2.45, 2.75) is 0 Å². The lowest BCUT2D eigenvalue weighted by molar-refractivity contribution is -0.133. The number of aliphatic carboxylic acids is 2. The Morgan fingerprint density at radius 1 is 1.07 bits per heavy atom. The van der Waals surface area contributed by atoms with Gasteiger partial charge in [0.25, 0.3) is 0 Å². The van der Waals surface area contributed by atoms with Crippen molar-refractivity contribution in [2.24, 2.45) is 0 Å². The predicted octanol–water partition coefficient (Wildman–Crippen LogP) is 1.24. The summed E-state index contributed by atoms with van der Waals surface area (Å²) in [6.45, 7) is 0. The summed E-state index contributed by atoms with van der Waals surface area (Å²) in [5, 5.41) is 17.2. The van der Waals surface area contributed by atoms with E-state index in [0.29, 0.717) is 11.6 Å². The molecule has 4 nitrogen and oxygen atoms in total. The zero-order chi connectivity index (χ0) is 10.6. The number of carboxylic acids is 2. The van der Waals surface area contributed by atoms with Crippen molar-refractivity contribution in [1.82, 2.24) is 0 Å². The second-order valence-corrected chi connectivity index (χ2v) is 2.57. The summed E-state index contributed by atoms with van der Waals surface area (Å²) in [4.78, 5) is 21.1. The maximum atomic E-state index is 10.7. The minimum Gasteiger partial charge on any atom is -0.478 e. The molecule has 1 rings (SSSR count). The molecule has 0 aromatic heterocycles. The number of rotatable bonds is 3. The lowest BCUT2D eigenvalue weighted by Crippen LogP contribution is -2.02. The van der Waals surface area contributed by atoms with E-state index in [-0.39, 0.29) is 5.57 Å². The molecule has 14 heavy (non-hydrogen) atoms. The fourth-order valence-corrected chi connectivity index (χ4v) is 1.01. The Labute approximate surface area is 80.1 Å². The molecule has 0 fully saturated rings. The average Bonchev–Trinajstić information content (AvgIpc) is 2.15. The first kappa shape index (κ1) is 9.98. The topological polar surface area (TPSA) is 74.6 Å².